The average molecular weight is 193 g/mol. The van der Waals surface area contributed by atoms with Gasteiger partial charge in [0.05, 0.1) is 0 Å². The Kier molecular flexibility index (Phi) is 3.67. The zero-order valence-electron chi connectivity index (χ0n) is 9.20. The van der Waals surface area contributed by atoms with Gasteiger partial charge in [-0.15, -0.1) is 0 Å². The molecule has 0 saturated heterocycles. The predicted molar refractivity (Wildman–Crippen MR) is 59.2 cm³/mol. The lowest BCUT2D eigenvalue weighted by Crippen LogP contribution is -2.36. The number of benzene rings is 1. The van der Waals surface area contributed by atoms with Gasteiger partial charge in [0.1, 0.15) is 5.60 Å². The average Bonchev–Trinajstić information content (AvgIpc) is 2.18. The Morgan fingerprint density at radius 3 is 2.21 bits per heavy atom. The molecule has 0 amide bonds. The fraction of sp³-hybridized carbons (Fsp3) is 0.500. The molecule has 1 aromatic rings. The van der Waals surface area contributed by atoms with Gasteiger partial charge in [0.25, 0.3) is 0 Å². The van der Waals surface area contributed by atoms with Crippen molar-refractivity contribution in [3.63, 3.8) is 0 Å². The first-order chi connectivity index (χ1) is 6.58. The minimum atomic E-state index is -0.717. The van der Waals surface area contributed by atoms with Crippen LogP contribution in [0.5, 0.6) is 0 Å². The lowest BCUT2D eigenvalue weighted by atomic mass is 9.91. The summed E-state index contributed by atoms with van der Waals surface area (Å²) in [6, 6.07) is 9.85. The van der Waals surface area contributed by atoms with Crippen molar-refractivity contribution in [3.8, 4) is 0 Å². The van der Waals surface area contributed by atoms with Gasteiger partial charge in [0, 0.05) is 6.54 Å². The number of likely N-dealkylation sites (N-methyl/N-ethyl adjacent to an activating group) is 1. The van der Waals surface area contributed by atoms with Crippen LogP contribution in [0.25, 0.3) is 0 Å². The third-order valence-corrected chi connectivity index (χ3v) is 2.47. The van der Waals surface area contributed by atoms with Crippen molar-refractivity contribution in [1.29, 1.82) is 0 Å². The van der Waals surface area contributed by atoms with E-state index in [0.717, 1.165) is 12.0 Å². The van der Waals surface area contributed by atoms with Crippen molar-refractivity contribution in [1.82, 2.24) is 4.90 Å². The first kappa shape index (κ1) is 11.2. The number of aliphatic hydroxyl groups is 1. The van der Waals surface area contributed by atoms with Gasteiger partial charge < -0.3 is 10.0 Å². The van der Waals surface area contributed by atoms with E-state index in [2.05, 4.69) is 0 Å². The summed E-state index contributed by atoms with van der Waals surface area (Å²) in [6.45, 7) is 2.67. The molecular formula is C12H19NO. The van der Waals surface area contributed by atoms with Crippen LogP contribution in [-0.2, 0) is 5.60 Å². The van der Waals surface area contributed by atoms with Gasteiger partial charge in [-0.25, -0.2) is 0 Å². The summed E-state index contributed by atoms with van der Waals surface area (Å²) in [5, 5.41) is 10.4. The fourth-order valence-electron chi connectivity index (χ4n) is 1.68. The molecule has 0 aliphatic heterocycles. The second-order valence-corrected chi connectivity index (χ2v) is 3.99. The van der Waals surface area contributed by atoms with Crippen LogP contribution in [0.3, 0.4) is 0 Å². The standard InChI is InChI=1S/C12H19NO/c1-4-12(14,10-13(2)3)11-8-6-5-7-9-11/h5-9,14H,4,10H2,1-3H3. The second kappa shape index (κ2) is 4.58. The molecule has 0 bridgehead atoms. The lowest BCUT2D eigenvalue weighted by molar-refractivity contribution is 0.00779. The highest BCUT2D eigenvalue weighted by atomic mass is 16.3. The number of nitrogens with zero attached hydrogens (tertiary/aromatic N) is 1. The van der Waals surface area contributed by atoms with E-state index < -0.39 is 5.60 Å². The van der Waals surface area contributed by atoms with Crippen LogP contribution in [-0.4, -0.2) is 30.6 Å². The molecule has 2 nitrogen and oxygen atoms in total. The molecule has 0 heterocycles. The summed E-state index contributed by atoms with van der Waals surface area (Å²) in [5.41, 5.74) is 0.279. The summed E-state index contributed by atoms with van der Waals surface area (Å²) in [7, 11) is 3.95. The van der Waals surface area contributed by atoms with Crippen molar-refractivity contribution >= 4 is 0 Å². The molecule has 0 aromatic heterocycles. The molecular weight excluding hydrogens is 174 g/mol. The Labute approximate surface area is 86.2 Å². The topological polar surface area (TPSA) is 23.5 Å². The molecule has 0 radical (unpaired) electrons. The minimum absolute atomic E-state index is 0.660. The van der Waals surface area contributed by atoms with Gasteiger partial charge in [-0.3, -0.25) is 0 Å². The zero-order chi connectivity index (χ0) is 10.6. The maximum Gasteiger partial charge on any atom is 0.102 e. The quantitative estimate of drug-likeness (QED) is 0.788. The number of rotatable bonds is 4. The monoisotopic (exact) mass is 193 g/mol. The molecule has 78 valence electrons. The Hall–Kier alpha value is -0.860. The van der Waals surface area contributed by atoms with E-state index in [9.17, 15) is 5.11 Å². The van der Waals surface area contributed by atoms with Crippen molar-refractivity contribution < 1.29 is 5.11 Å². The summed E-state index contributed by atoms with van der Waals surface area (Å²) < 4.78 is 0. The Morgan fingerprint density at radius 2 is 1.79 bits per heavy atom. The van der Waals surface area contributed by atoms with Gasteiger partial charge in [-0.05, 0) is 26.1 Å². The summed E-state index contributed by atoms with van der Waals surface area (Å²) >= 11 is 0. The third kappa shape index (κ3) is 2.56. The normalized spacial score (nSPS) is 15.5. The molecule has 0 aliphatic rings. The van der Waals surface area contributed by atoms with E-state index in [0.29, 0.717) is 6.54 Å². The third-order valence-electron chi connectivity index (χ3n) is 2.47. The lowest BCUT2D eigenvalue weighted by Gasteiger charge is -2.30. The smallest absolute Gasteiger partial charge is 0.102 e. The van der Waals surface area contributed by atoms with E-state index in [1.165, 1.54) is 0 Å². The number of hydrogen-bond donors (Lipinski definition) is 1. The number of hydrogen-bond acceptors (Lipinski definition) is 2. The van der Waals surface area contributed by atoms with Crippen molar-refractivity contribution in [2.24, 2.45) is 0 Å². The maximum absolute atomic E-state index is 10.4. The first-order valence-corrected chi connectivity index (χ1v) is 5.01. The molecule has 0 aliphatic carbocycles. The largest absolute Gasteiger partial charge is 0.384 e. The van der Waals surface area contributed by atoms with Crippen LogP contribution in [0.4, 0.5) is 0 Å². The van der Waals surface area contributed by atoms with Crippen LogP contribution in [0.1, 0.15) is 18.9 Å². The van der Waals surface area contributed by atoms with Crippen LogP contribution in [0.2, 0.25) is 0 Å². The highest BCUT2D eigenvalue weighted by molar-refractivity contribution is 5.22. The summed E-state index contributed by atoms with van der Waals surface area (Å²) in [4.78, 5) is 2.01. The van der Waals surface area contributed by atoms with Gasteiger partial charge >= 0.3 is 0 Å². The first-order valence-electron chi connectivity index (χ1n) is 5.01. The van der Waals surface area contributed by atoms with Gasteiger partial charge in [0.2, 0.25) is 0 Å². The fourth-order valence-corrected chi connectivity index (χ4v) is 1.68. The second-order valence-electron chi connectivity index (χ2n) is 3.99. The van der Waals surface area contributed by atoms with Crippen LogP contribution in [0, 0.1) is 0 Å². The molecule has 1 rings (SSSR count). The molecule has 1 aromatic carbocycles. The van der Waals surface area contributed by atoms with E-state index >= 15 is 0 Å². The summed E-state index contributed by atoms with van der Waals surface area (Å²) in [5.74, 6) is 0. The maximum atomic E-state index is 10.4. The van der Waals surface area contributed by atoms with Gasteiger partial charge in [-0.1, -0.05) is 37.3 Å². The highest BCUT2D eigenvalue weighted by Gasteiger charge is 2.27. The predicted octanol–water partition coefficient (Wildman–Crippen LogP) is 1.85. The van der Waals surface area contributed by atoms with Gasteiger partial charge in [0.15, 0.2) is 0 Å². The zero-order valence-corrected chi connectivity index (χ0v) is 9.20. The van der Waals surface area contributed by atoms with Crippen LogP contribution >= 0.6 is 0 Å². The van der Waals surface area contributed by atoms with Crippen molar-refractivity contribution in [2.45, 2.75) is 18.9 Å². The minimum Gasteiger partial charge on any atom is -0.384 e. The molecule has 1 N–H and O–H groups in total. The molecule has 1 unspecified atom stereocenters. The Bertz CT molecular complexity index is 271. The van der Waals surface area contributed by atoms with Crippen LogP contribution in [0.15, 0.2) is 30.3 Å². The molecule has 2 heteroatoms. The Balaban J connectivity index is 2.90. The molecule has 14 heavy (non-hydrogen) atoms. The SMILES string of the molecule is CCC(O)(CN(C)C)c1ccccc1. The van der Waals surface area contributed by atoms with E-state index in [1.54, 1.807) is 0 Å². The molecule has 1 atom stereocenters. The van der Waals surface area contributed by atoms with Crippen molar-refractivity contribution in [2.75, 3.05) is 20.6 Å². The van der Waals surface area contributed by atoms with Gasteiger partial charge in [-0.2, -0.15) is 0 Å². The molecule has 0 fully saturated rings. The molecule has 0 saturated carbocycles. The highest BCUT2D eigenvalue weighted by Crippen LogP contribution is 2.24. The van der Waals surface area contributed by atoms with E-state index in [-0.39, 0.29) is 0 Å². The Morgan fingerprint density at radius 1 is 1.21 bits per heavy atom. The van der Waals surface area contributed by atoms with E-state index in [4.69, 9.17) is 0 Å². The molecule has 0 spiro atoms. The summed E-state index contributed by atoms with van der Waals surface area (Å²) in [6.07, 6.45) is 0.731. The van der Waals surface area contributed by atoms with Crippen LogP contribution < -0.4 is 0 Å². The van der Waals surface area contributed by atoms with E-state index in [1.807, 2.05) is 56.3 Å². The van der Waals surface area contributed by atoms with Crippen molar-refractivity contribution in [3.05, 3.63) is 35.9 Å².